The number of ketones is 1. The van der Waals surface area contributed by atoms with Crippen LogP contribution in [0.25, 0.3) is 6.08 Å². The Morgan fingerprint density at radius 1 is 1.15 bits per heavy atom. The third-order valence-electron chi connectivity index (χ3n) is 5.46. The van der Waals surface area contributed by atoms with Crippen molar-refractivity contribution in [3.63, 3.8) is 0 Å². The fraction of sp³-hybridized carbons (Fsp3) is 0.296. The van der Waals surface area contributed by atoms with Gasteiger partial charge in [0, 0.05) is 36.5 Å². The topological polar surface area (TPSA) is 112 Å². The molecular formula is C27H28N2O5. The summed E-state index contributed by atoms with van der Waals surface area (Å²) in [5.74, 6) is 2.26. The summed E-state index contributed by atoms with van der Waals surface area (Å²) in [5.41, 5.74) is 1.60. The van der Waals surface area contributed by atoms with Gasteiger partial charge in [-0.1, -0.05) is 11.6 Å². The molecule has 0 radical (unpaired) electrons. The van der Waals surface area contributed by atoms with Crippen molar-refractivity contribution in [2.75, 3.05) is 6.61 Å². The van der Waals surface area contributed by atoms with Crippen molar-refractivity contribution < 1.29 is 24.9 Å². The SMILES string of the molecule is C#CCCC1(CCOc2ccc(C(=O)/C=C/c3ccc(O)cc3O)c(O)c2CC=C(C)C)N=N1. The van der Waals surface area contributed by atoms with Gasteiger partial charge in [0.1, 0.15) is 23.0 Å². The Morgan fingerprint density at radius 3 is 2.56 bits per heavy atom. The van der Waals surface area contributed by atoms with Crippen LogP contribution in [0.5, 0.6) is 23.0 Å². The third kappa shape index (κ3) is 6.26. The van der Waals surface area contributed by atoms with E-state index in [1.54, 1.807) is 6.07 Å². The highest BCUT2D eigenvalue weighted by atomic mass is 16.5. The molecule has 3 rings (SSSR count). The minimum Gasteiger partial charge on any atom is -0.508 e. The van der Waals surface area contributed by atoms with E-state index in [-0.39, 0.29) is 22.8 Å². The zero-order valence-corrected chi connectivity index (χ0v) is 19.3. The van der Waals surface area contributed by atoms with E-state index in [0.717, 1.165) is 5.57 Å². The predicted octanol–water partition coefficient (Wildman–Crippen LogP) is 5.55. The van der Waals surface area contributed by atoms with Crippen LogP contribution in [0.1, 0.15) is 54.6 Å². The summed E-state index contributed by atoms with van der Waals surface area (Å²) in [4.78, 5) is 12.8. The average Bonchev–Trinajstić information content (AvgIpc) is 3.56. The van der Waals surface area contributed by atoms with Crippen LogP contribution >= 0.6 is 0 Å². The lowest BCUT2D eigenvalue weighted by atomic mass is 10.00. The van der Waals surface area contributed by atoms with Crippen molar-refractivity contribution >= 4 is 11.9 Å². The first-order valence-electron chi connectivity index (χ1n) is 11.0. The van der Waals surface area contributed by atoms with E-state index in [4.69, 9.17) is 11.2 Å². The Morgan fingerprint density at radius 2 is 1.91 bits per heavy atom. The molecule has 2 aromatic rings. The third-order valence-corrected chi connectivity index (χ3v) is 5.46. The molecule has 0 fully saturated rings. The van der Waals surface area contributed by atoms with E-state index in [1.165, 1.54) is 36.4 Å². The first-order chi connectivity index (χ1) is 16.2. The second kappa shape index (κ2) is 10.7. The lowest BCUT2D eigenvalue weighted by Crippen LogP contribution is -2.15. The molecule has 176 valence electrons. The van der Waals surface area contributed by atoms with Crippen LogP contribution in [0, 0.1) is 12.3 Å². The van der Waals surface area contributed by atoms with Crippen molar-refractivity contribution in [1.29, 1.82) is 0 Å². The van der Waals surface area contributed by atoms with Crippen molar-refractivity contribution in [3.05, 3.63) is 64.7 Å². The van der Waals surface area contributed by atoms with E-state index < -0.39 is 11.4 Å². The van der Waals surface area contributed by atoms with Crippen LogP contribution in [0.15, 0.2) is 58.3 Å². The minimum absolute atomic E-state index is 0.0795. The predicted molar refractivity (Wildman–Crippen MR) is 130 cm³/mol. The monoisotopic (exact) mass is 460 g/mol. The van der Waals surface area contributed by atoms with E-state index in [0.29, 0.717) is 49.2 Å². The zero-order valence-electron chi connectivity index (χ0n) is 19.3. The summed E-state index contributed by atoms with van der Waals surface area (Å²) in [6.07, 6.45) is 12.2. The Bertz CT molecular complexity index is 1190. The molecule has 2 aromatic carbocycles. The Hall–Kier alpha value is -4.05. The van der Waals surface area contributed by atoms with Crippen LogP contribution < -0.4 is 4.74 Å². The van der Waals surface area contributed by atoms with Crippen molar-refractivity contribution in [2.45, 2.75) is 45.2 Å². The standard InChI is InChI=1S/C27H28N2O5/c1-4-5-14-27(28-29-27)15-16-34-25-13-11-21(26(33)22(25)10-6-18(2)3)23(31)12-8-19-7-9-20(30)17-24(19)32/h1,6-9,11-13,17,30,32-33H,5,10,14-16H2,2-3H3/b12-8+. The first-order valence-corrected chi connectivity index (χ1v) is 11.0. The van der Waals surface area contributed by atoms with Gasteiger partial charge in [-0.25, -0.2) is 0 Å². The van der Waals surface area contributed by atoms with Crippen molar-refractivity contribution in [3.8, 4) is 35.3 Å². The summed E-state index contributed by atoms with van der Waals surface area (Å²) >= 11 is 0. The molecule has 0 bridgehead atoms. The van der Waals surface area contributed by atoms with Crippen molar-refractivity contribution in [1.82, 2.24) is 0 Å². The molecule has 0 spiro atoms. The molecule has 0 aliphatic carbocycles. The van der Waals surface area contributed by atoms with Gasteiger partial charge in [-0.05, 0) is 56.7 Å². The fourth-order valence-electron chi connectivity index (χ4n) is 3.38. The normalized spacial score (nSPS) is 13.4. The van der Waals surface area contributed by atoms with Crippen LogP contribution in [-0.2, 0) is 6.42 Å². The van der Waals surface area contributed by atoms with Gasteiger partial charge in [0.15, 0.2) is 11.4 Å². The van der Waals surface area contributed by atoms with Gasteiger partial charge >= 0.3 is 0 Å². The number of phenols is 3. The number of aromatic hydroxyl groups is 3. The number of benzene rings is 2. The van der Waals surface area contributed by atoms with Crippen LogP contribution in [-0.4, -0.2) is 33.4 Å². The van der Waals surface area contributed by atoms with Crippen LogP contribution in [0.4, 0.5) is 0 Å². The van der Waals surface area contributed by atoms with Crippen LogP contribution in [0.2, 0.25) is 0 Å². The van der Waals surface area contributed by atoms with E-state index >= 15 is 0 Å². The van der Waals surface area contributed by atoms with E-state index in [2.05, 4.69) is 16.1 Å². The molecule has 0 aromatic heterocycles. The average molecular weight is 461 g/mol. The number of nitrogens with zero attached hydrogens (tertiary/aromatic N) is 2. The van der Waals surface area contributed by atoms with E-state index in [1.807, 2.05) is 19.9 Å². The second-order valence-corrected chi connectivity index (χ2v) is 8.35. The molecule has 0 saturated heterocycles. The quantitative estimate of drug-likeness (QED) is 0.176. The van der Waals surface area contributed by atoms with Gasteiger partial charge < -0.3 is 20.1 Å². The summed E-state index contributed by atoms with van der Waals surface area (Å²) in [5, 5.41) is 38.4. The molecule has 3 N–H and O–H groups in total. The second-order valence-electron chi connectivity index (χ2n) is 8.35. The van der Waals surface area contributed by atoms with Gasteiger partial charge in [-0.3, -0.25) is 4.79 Å². The highest BCUT2D eigenvalue weighted by Gasteiger charge is 2.39. The maximum atomic E-state index is 12.8. The lowest BCUT2D eigenvalue weighted by molar-refractivity contribution is 0.104. The fourth-order valence-corrected chi connectivity index (χ4v) is 3.38. The number of allylic oxidation sites excluding steroid dienone is 3. The van der Waals surface area contributed by atoms with E-state index in [9.17, 15) is 20.1 Å². The molecule has 1 heterocycles. The Balaban J connectivity index is 1.78. The molecular weight excluding hydrogens is 432 g/mol. The number of terminal acetylenes is 1. The van der Waals surface area contributed by atoms with Gasteiger partial charge in [0.25, 0.3) is 0 Å². The number of rotatable bonds is 11. The number of ether oxygens (including phenoxy) is 1. The zero-order chi connectivity index (χ0) is 24.7. The van der Waals surface area contributed by atoms with Crippen molar-refractivity contribution in [2.24, 2.45) is 10.2 Å². The molecule has 0 atom stereocenters. The number of phenolic OH excluding ortho intramolecular Hbond substituents is 3. The Kier molecular flexibility index (Phi) is 7.75. The summed E-state index contributed by atoms with van der Waals surface area (Å²) in [6, 6.07) is 7.26. The molecule has 0 amide bonds. The molecule has 1 aliphatic heterocycles. The van der Waals surface area contributed by atoms with Gasteiger partial charge in [-0.15, -0.1) is 12.3 Å². The maximum absolute atomic E-state index is 12.8. The lowest BCUT2D eigenvalue weighted by Gasteiger charge is -2.15. The number of carbonyl (C=O) groups is 1. The molecule has 7 heteroatoms. The summed E-state index contributed by atoms with van der Waals surface area (Å²) < 4.78 is 5.95. The van der Waals surface area contributed by atoms with Gasteiger partial charge in [0.05, 0.1) is 12.2 Å². The van der Waals surface area contributed by atoms with Crippen LogP contribution in [0.3, 0.4) is 0 Å². The number of carbonyl (C=O) groups excluding carboxylic acids is 1. The minimum atomic E-state index is -0.463. The molecule has 1 aliphatic rings. The summed E-state index contributed by atoms with van der Waals surface area (Å²) in [7, 11) is 0. The van der Waals surface area contributed by atoms with Gasteiger partial charge in [-0.2, -0.15) is 10.2 Å². The molecule has 0 saturated carbocycles. The number of hydrogen-bond donors (Lipinski definition) is 3. The highest BCUT2D eigenvalue weighted by Crippen LogP contribution is 2.38. The molecule has 7 nitrogen and oxygen atoms in total. The largest absolute Gasteiger partial charge is 0.508 e. The Labute approximate surface area is 199 Å². The summed E-state index contributed by atoms with van der Waals surface area (Å²) in [6.45, 7) is 4.24. The molecule has 0 unspecified atom stereocenters. The first kappa shape index (κ1) is 24.6. The molecule has 34 heavy (non-hydrogen) atoms. The maximum Gasteiger partial charge on any atom is 0.195 e. The van der Waals surface area contributed by atoms with Gasteiger partial charge in [0.2, 0.25) is 0 Å². The highest BCUT2D eigenvalue weighted by molar-refractivity contribution is 6.09. The number of hydrogen-bond acceptors (Lipinski definition) is 7. The smallest absolute Gasteiger partial charge is 0.195 e.